The van der Waals surface area contributed by atoms with Gasteiger partial charge in [0.2, 0.25) is 0 Å². The predicted molar refractivity (Wildman–Crippen MR) is 106 cm³/mol. The van der Waals surface area contributed by atoms with Crippen LogP contribution in [-0.2, 0) is 0 Å². The van der Waals surface area contributed by atoms with Gasteiger partial charge in [-0.25, -0.2) is 4.98 Å². The molecule has 3 aromatic rings. The second-order valence-corrected chi connectivity index (χ2v) is 5.90. The number of nitrogens with zero attached hydrogens (tertiary/aromatic N) is 1. The fourth-order valence-electron chi connectivity index (χ4n) is 2.63. The molecule has 2 aromatic carbocycles. The normalized spacial score (nSPS) is 10.2. The summed E-state index contributed by atoms with van der Waals surface area (Å²) in [5, 5.41) is 6.05. The quantitative estimate of drug-likeness (QED) is 0.679. The maximum Gasteiger partial charge on any atom is 0.257 e. The van der Waals surface area contributed by atoms with Crippen molar-refractivity contribution in [1.29, 1.82) is 0 Å². The van der Waals surface area contributed by atoms with Crippen molar-refractivity contribution in [2.75, 3.05) is 24.9 Å². The largest absolute Gasteiger partial charge is 0.493 e. The van der Waals surface area contributed by atoms with Crippen LogP contribution in [0.5, 0.6) is 11.5 Å². The summed E-state index contributed by atoms with van der Waals surface area (Å²) >= 11 is 0. The number of carbonyl (C=O) groups excluding carboxylic acids is 1. The molecule has 0 atom stereocenters. The summed E-state index contributed by atoms with van der Waals surface area (Å²) in [7, 11) is 3.19. The summed E-state index contributed by atoms with van der Waals surface area (Å²) in [5.74, 6) is 1.61. The molecule has 0 unspecified atom stereocenters. The van der Waals surface area contributed by atoms with E-state index in [0.29, 0.717) is 22.9 Å². The summed E-state index contributed by atoms with van der Waals surface area (Å²) < 4.78 is 10.5. The lowest BCUT2D eigenvalue weighted by atomic mass is 10.1. The highest BCUT2D eigenvalue weighted by molar-refractivity contribution is 6.04. The summed E-state index contributed by atoms with van der Waals surface area (Å²) in [4.78, 5) is 16.6. The van der Waals surface area contributed by atoms with E-state index in [1.165, 1.54) is 0 Å². The number of aryl methyl sites for hydroxylation is 1. The zero-order valence-corrected chi connectivity index (χ0v) is 15.4. The van der Waals surface area contributed by atoms with Gasteiger partial charge in [-0.15, -0.1) is 0 Å². The average Bonchev–Trinajstić information content (AvgIpc) is 2.69. The van der Waals surface area contributed by atoms with Crippen molar-refractivity contribution >= 4 is 23.1 Å². The van der Waals surface area contributed by atoms with Gasteiger partial charge in [0.1, 0.15) is 5.82 Å². The van der Waals surface area contributed by atoms with E-state index in [9.17, 15) is 4.79 Å². The van der Waals surface area contributed by atoms with Crippen LogP contribution >= 0.6 is 0 Å². The van der Waals surface area contributed by atoms with Crippen LogP contribution in [0.15, 0.2) is 60.8 Å². The first-order chi connectivity index (χ1) is 13.1. The molecule has 0 aliphatic rings. The molecule has 6 heteroatoms. The number of amides is 1. The Bertz CT molecular complexity index is 940. The van der Waals surface area contributed by atoms with E-state index in [-0.39, 0.29) is 5.91 Å². The molecule has 0 spiro atoms. The summed E-state index contributed by atoms with van der Waals surface area (Å²) in [5.41, 5.74) is 3.18. The second kappa shape index (κ2) is 8.23. The molecular weight excluding hydrogens is 342 g/mol. The Morgan fingerprint density at radius 2 is 1.67 bits per heavy atom. The number of benzene rings is 2. The Morgan fingerprint density at radius 3 is 2.33 bits per heavy atom. The molecule has 0 fully saturated rings. The number of ether oxygens (including phenoxy) is 2. The van der Waals surface area contributed by atoms with Gasteiger partial charge in [-0.1, -0.05) is 18.2 Å². The molecule has 138 valence electrons. The van der Waals surface area contributed by atoms with Gasteiger partial charge in [-0.3, -0.25) is 4.79 Å². The molecule has 0 bridgehead atoms. The van der Waals surface area contributed by atoms with Crippen LogP contribution in [-0.4, -0.2) is 25.1 Å². The lowest BCUT2D eigenvalue weighted by Gasteiger charge is -2.12. The highest BCUT2D eigenvalue weighted by Gasteiger charge is 2.09. The van der Waals surface area contributed by atoms with Crippen molar-refractivity contribution < 1.29 is 14.3 Å². The standard InChI is InChI=1S/C21H21N3O3/c1-14-6-4-5-7-17(14)21(25)24-20-11-9-16(13-22-20)23-15-8-10-18(26-2)19(12-15)27-3/h4-13,23H,1-3H3,(H,22,24,25). The molecule has 0 aliphatic carbocycles. The van der Waals surface area contributed by atoms with Gasteiger partial charge in [0.25, 0.3) is 5.91 Å². The van der Waals surface area contributed by atoms with Crippen LogP contribution in [0.1, 0.15) is 15.9 Å². The fraction of sp³-hybridized carbons (Fsp3) is 0.143. The number of rotatable bonds is 6. The zero-order valence-electron chi connectivity index (χ0n) is 15.4. The molecule has 1 amide bonds. The Balaban J connectivity index is 1.69. The Labute approximate surface area is 158 Å². The van der Waals surface area contributed by atoms with Gasteiger partial charge in [-0.05, 0) is 42.8 Å². The molecule has 0 saturated heterocycles. The maximum atomic E-state index is 12.3. The minimum atomic E-state index is -0.179. The zero-order chi connectivity index (χ0) is 19.2. The lowest BCUT2D eigenvalue weighted by molar-refractivity contribution is 0.102. The van der Waals surface area contributed by atoms with Gasteiger partial charge in [-0.2, -0.15) is 0 Å². The highest BCUT2D eigenvalue weighted by atomic mass is 16.5. The van der Waals surface area contributed by atoms with Crippen molar-refractivity contribution in [3.8, 4) is 11.5 Å². The smallest absolute Gasteiger partial charge is 0.257 e. The number of methoxy groups -OCH3 is 2. The molecular formula is C21H21N3O3. The van der Waals surface area contributed by atoms with Gasteiger partial charge in [0, 0.05) is 17.3 Å². The van der Waals surface area contributed by atoms with Crippen LogP contribution in [0.2, 0.25) is 0 Å². The number of pyridine rings is 1. The van der Waals surface area contributed by atoms with Crippen LogP contribution in [0.3, 0.4) is 0 Å². The monoisotopic (exact) mass is 363 g/mol. The van der Waals surface area contributed by atoms with E-state index in [2.05, 4.69) is 15.6 Å². The number of hydrogen-bond donors (Lipinski definition) is 2. The number of anilines is 3. The van der Waals surface area contributed by atoms with Crippen molar-refractivity contribution in [3.63, 3.8) is 0 Å². The van der Waals surface area contributed by atoms with Crippen molar-refractivity contribution in [1.82, 2.24) is 4.98 Å². The molecule has 2 N–H and O–H groups in total. The van der Waals surface area contributed by atoms with Crippen LogP contribution in [0.25, 0.3) is 0 Å². The molecule has 1 heterocycles. The molecule has 0 saturated carbocycles. The topological polar surface area (TPSA) is 72.5 Å². The molecule has 1 aromatic heterocycles. The van der Waals surface area contributed by atoms with Crippen molar-refractivity contribution in [2.45, 2.75) is 6.92 Å². The summed E-state index contributed by atoms with van der Waals surface area (Å²) in [6.45, 7) is 1.90. The van der Waals surface area contributed by atoms with E-state index in [4.69, 9.17) is 9.47 Å². The Kier molecular flexibility index (Phi) is 5.56. The third-order valence-electron chi connectivity index (χ3n) is 4.07. The lowest BCUT2D eigenvalue weighted by Crippen LogP contribution is -2.14. The second-order valence-electron chi connectivity index (χ2n) is 5.90. The summed E-state index contributed by atoms with van der Waals surface area (Å²) in [6, 6.07) is 16.6. The van der Waals surface area contributed by atoms with E-state index >= 15 is 0 Å². The van der Waals surface area contributed by atoms with Crippen LogP contribution in [0.4, 0.5) is 17.2 Å². The van der Waals surface area contributed by atoms with Gasteiger partial charge in [0.15, 0.2) is 11.5 Å². The Morgan fingerprint density at radius 1 is 0.926 bits per heavy atom. The van der Waals surface area contributed by atoms with Crippen molar-refractivity contribution in [2.24, 2.45) is 0 Å². The Hall–Kier alpha value is -3.54. The molecule has 6 nitrogen and oxygen atoms in total. The van der Waals surface area contributed by atoms with E-state index in [1.54, 1.807) is 32.5 Å². The first-order valence-electron chi connectivity index (χ1n) is 8.43. The third kappa shape index (κ3) is 4.36. The van der Waals surface area contributed by atoms with Gasteiger partial charge in [0.05, 0.1) is 26.1 Å². The van der Waals surface area contributed by atoms with E-state index < -0.39 is 0 Å². The molecule has 3 rings (SSSR count). The number of aromatic nitrogens is 1. The SMILES string of the molecule is COc1ccc(Nc2ccc(NC(=O)c3ccccc3C)nc2)cc1OC. The van der Waals surface area contributed by atoms with E-state index in [1.807, 2.05) is 49.4 Å². The van der Waals surface area contributed by atoms with E-state index in [0.717, 1.165) is 16.9 Å². The average molecular weight is 363 g/mol. The molecule has 0 aliphatic heterocycles. The number of carbonyl (C=O) groups is 1. The third-order valence-corrected chi connectivity index (χ3v) is 4.07. The minimum Gasteiger partial charge on any atom is -0.493 e. The fourth-order valence-corrected chi connectivity index (χ4v) is 2.63. The molecule has 0 radical (unpaired) electrons. The number of nitrogens with one attached hydrogen (secondary N) is 2. The van der Waals surface area contributed by atoms with Gasteiger partial charge >= 0.3 is 0 Å². The van der Waals surface area contributed by atoms with Crippen molar-refractivity contribution in [3.05, 3.63) is 71.9 Å². The highest BCUT2D eigenvalue weighted by Crippen LogP contribution is 2.31. The first-order valence-corrected chi connectivity index (χ1v) is 8.43. The number of hydrogen-bond acceptors (Lipinski definition) is 5. The van der Waals surface area contributed by atoms with Crippen LogP contribution in [0, 0.1) is 6.92 Å². The first kappa shape index (κ1) is 18.3. The maximum absolute atomic E-state index is 12.3. The van der Waals surface area contributed by atoms with Gasteiger partial charge < -0.3 is 20.1 Å². The van der Waals surface area contributed by atoms with Crippen LogP contribution < -0.4 is 20.1 Å². The summed E-state index contributed by atoms with van der Waals surface area (Å²) in [6.07, 6.45) is 1.66. The minimum absolute atomic E-state index is 0.179. The molecule has 27 heavy (non-hydrogen) atoms. The predicted octanol–water partition coefficient (Wildman–Crippen LogP) is 4.40.